The summed E-state index contributed by atoms with van der Waals surface area (Å²) in [5.74, 6) is 1.55. The normalized spacial score (nSPS) is 21.7. The summed E-state index contributed by atoms with van der Waals surface area (Å²) in [6.45, 7) is 0. The lowest BCUT2D eigenvalue weighted by Crippen LogP contribution is -2.35. The van der Waals surface area contributed by atoms with Crippen molar-refractivity contribution in [1.29, 1.82) is 0 Å². The average molecular weight is 292 g/mol. The maximum absolute atomic E-state index is 12.2. The van der Waals surface area contributed by atoms with Crippen molar-refractivity contribution in [2.45, 2.75) is 38.1 Å². The van der Waals surface area contributed by atoms with Crippen molar-refractivity contribution >= 4 is 11.6 Å². The third-order valence-electron chi connectivity index (χ3n) is 4.10. The first-order chi connectivity index (χ1) is 10.1. The molecule has 0 spiro atoms. The van der Waals surface area contributed by atoms with Crippen LogP contribution < -0.4 is 20.5 Å². The summed E-state index contributed by atoms with van der Waals surface area (Å²) < 4.78 is 10.4. The van der Waals surface area contributed by atoms with Gasteiger partial charge in [0.05, 0.1) is 19.9 Å². The summed E-state index contributed by atoms with van der Waals surface area (Å²) in [6, 6.07) is 5.48. The zero-order valence-electron chi connectivity index (χ0n) is 12.7. The smallest absolute Gasteiger partial charge is 0.224 e. The van der Waals surface area contributed by atoms with Gasteiger partial charge in [-0.2, -0.15) is 0 Å². The van der Waals surface area contributed by atoms with Crippen LogP contribution in [-0.2, 0) is 4.79 Å². The first-order valence-corrected chi connectivity index (χ1v) is 7.41. The van der Waals surface area contributed by atoms with E-state index in [0.29, 0.717) is 23.6 Å². The third kappa shape index (κ3) is 4.11. The summed E-state index contributed by atoms with van der Waals surface area (Å²) in [7, 11) is 3.17. The van der Waals surface area contributed by atoms with Crippen LogP contribution in [0.4, 0.5) is 5.69 Å². The number of methoxy groups -OCH3 is 2. The Bertz CT molecular complexity index is 490. The molecule has 1 aromatic rings. The van der Waals surface area contributed by atoms with Gasteiger partial charge in [0, 0.05) is 18.5 Å². The molecular formula is C16H24N2O3. The molecular weight excluding hydrogens is 268 g/mol. The zero-order chi connectivity index (χ0) is 15.2. The quantitative estimate of drug-likeness (QED) is 0.874. The van der Waals surface area contributed by atoms with Gasteiger partial charge in [-0.3, -0.25) is 4.79 Å². The van der Waals surface area contributed by atoms with Crippen LogP contribution in [0.3, 0.4) is 0 Å². The van der Waals surface area contributed by atoms with Crippen LogP contribution in [0.1, 0.15) is 32.1 Å². The van der Waals surface area contributed by atoms with E-state index in [-0.39, 0.29) is 17.9 Å². The molecule has 0 bridgehead atoms. The number of benzene rings is 1. The number of anilines is 1. The Hall–Kier alpha value is -1.75. The van der Waals surface area contributed by atoms with Crippen molar-refractivity contribution in [3.05, 3.63) is 18.2 Å². The molecule has 1 amide bonds. The molecule has 2 rings (SSSR count). The van der Waals surface area contributed by atoms with Crippen molar-refractivity contribution in [3.63, 3.8) is 0 Å². The number of amides is 1. The molecule has 3 N–H and O–H groups in total. The van der Waals surface area contributed by atoms with E-state index in [1.807, 2.05) is 0 Å². The molecule has 1 aliphatic rings. The first kappa shape index (κ1) is 15.6. The second-order valence-electron chi connectivity index (χ2n) is 5.53. The monoisotopic (exact) mass is 292 g/mol. The highest BCUT2D eigenvalue weighted by atomic mass is 16.5. The standard InChI is InChI=1S/C16H24N2O3/c1-20-12-7-8-14(15(10-12)21-2)18-16(19)9-11-5-3-4-6-13(11)17/h7-8,10-11,13H,3-6,9,17H2,1-2H3,(H,18,19). The molecule has 0 aromatic heterocycles. The topological polar surface area (TPSA) is 73.6 Å². The molecule has 21 heavy (non-hydrogen) atoms. The predicted molar refractivity (Wildman–Crippen MR) is 82.7 cm³/mol. The number of nitrogens with one attached hydrogen (secondary N) is 1. The van der Waals surface area contributed by atoms with E-state index in [0.717, 1.165) is 19.3 Å². The van der Waals surface area contributed by atoms with Crippen LogP contribution in [0.5, 0.6) is 11.5 Å². The van der Waals surface area contributed by atoms with Crippen LogP contribution in [0, 0.1) is 5.92 Å². The SMILES string of the molecule is COc1ccc(NC(=O)CC2CCCCC2N)c(OC)c1. The number of nitrogens with two attached hydrogens (primary N) is 1. The highest BCUT2D eigenvalue weighted by molar-refractivity contribution is 5.92. The van der Waals surface area contributed by atoms with Crippen molar-refractivity contribution in [1.82, 2.24) is 0 Å². The fraction of sp³-hybridized carbons (Fsp3) is 0.562. The second-order valence-corrected chi connectivity index (χ2v) is 5.53. The number of carbonyl (C=O) groups excluding carboxylic acids is 1. The maximum atomic E-state index is 12.2. The van der Waals surface area contributed by atoms with E-state index in [2.05, 4.69) is 5.32 Å². The Morgan fingerprint density at radius 1 is 1.29 bits per heavy atom. The van der Waals surface area contributed by atoms with Crippen molar-refractivity contribution < 1.29 is 14.3 Å². The van der Waals surface area contributed by atoms with Gasteiger partial charge in [0.1, 0.15) is 11.5 Å². The van der Waals surface area contributed by atoms with Crippen molar-refractivity contribution in [2.24, 2.45) is 11.7 Å². The van der Waals surface area contributed by atoms with Crippen LogP contribution in [-0.4, -0.2) is 26.2 Å². The fourth-order valence-corrected chi connectivity index (χ4v) is 2.83. The van der Waals surface area contributed by atoms with Crippen LogP contribution in [0.25, 0.3) is 0 Å². The largest absolute Gasteiger partial charge is 0.497 e. The lowest BCUT2D eigenvalue weighted by atomic mass is 9.83. The van der Waals surface area contributed by atoms with Gasteiger partial charge in [-0.05, 0) is 30.9 Å². The van der Waals surface area contributed by atoms with Crippen molar-refractivity contribution in [3.8, 4) is 11.5 Å². The summed E-state index contributed by atoms with van der Waals surface area (Å²) in [5, 5.41) is 2.91. The molecule has 0 saturated heterocycles. The number of carbonyl (C=O) groups is 1. The molecule has 5 nitrogen and oxygen atoms in total. The Kier molecular flexibility index (Phi) is 5.44. The van der Waals surface area contributed by atoms with Gasteiger partial charge >= 0.3 is 0 Å². The Balaban J connectivity index is 1.98. The van der Waals surface area contributed by atoms with E-state index >= 15 is 0 Å². The molecule has 0 radical (unpaired) electrons. The molecule has 116 valence electrons. The summed E-state index contributed by atoms with van der Waals surface area (Å²) in [4.78, 5) is 12.2. The van der Waals surface area contributed by atoms with E-state index in [1.165, 1.54) is 6.42 Å². The number of rotatable bonds is 5. The lowest BCUT2D eigenvalue weighted by molar-refractivity contribution is -0.117. The Labute approximate surface area is 125 Å². The van der Waals surface area contributed by atoms with E-state index in [1.54, 1.807) is 32.4 Å². The van der Waals surface area contributed by atoms with Crippen LogP contribution in [0.2, 0.25) is 0 Å². The van der Waals surface area contributed by atoms with Crippen LogP contribution >= 0.6 is 0 Å². The molecule has 1 aliphatic carbocycles. The lowest BCUT2D eigenvalue weighted by Gasteiger charge is -2.28. The molecule has 0 heterocycles. The van der Waals surface area contributed by atoms with Gasteiger partial charge in [-0.25, -0.2) is 0 Å². The summed E-state index contributed by atoms with van der Waals surface area (Å²) in [5.41, 5.74) is 6.75. The fourth-order valence-electron chi connectivity index (χ4n) is 2.83. The minimum absolute atomic E-state index is 0.0131. The number of ether oxygens (including phenoxy) is 2. The molecule has 2 unspecified atom stereocenters. The molecule has 1 fully saturated rings. The van der Waals surface area contributed by atoms with Gasteiger partial charge in [0.25, 0.3) is 0 Å². The van der Waals surface area contributed by atoms with E-state index in [4.69, 9.17) is 15.2 Å². The maximum Gasteiger partial charge on any atom is 0.224 e. The molecule has 0 aliphatic heterocycles. The highest BCUT2D eigenvalue weighted by Gasteiger charge is 2.24. The number of hydrogen-bond donors (Lipinski definition) is 2. The van der Waals surface area contributed by atoms with E-state index < -0.39 is 0 Å². The summed E-state index contributed by atoms with van der Waals surface area (Å²) in [6.07, 6.45) is 4.86. The van der Waals surface area contributed by atoms with Crippen LogP contribution in [0.15, 0.2) is 18.2 Å². The van der Waals surface area contributed by atoms with Gasteiger partial charge in [0.2, 0.25) is 5.91 Å². The third-order valence-corrected chi connectivity index (χ3v) is 4.10. The highest BCUT2D eigenvalue weighted by Crippen LogP contribution is 2.30. The Morgan fingerprint density at radius 3 is 2.71 bits per heavy atom. The van der Waals surface area contributed by atoms with Gasteiger partial charge < -0.3 is 20.5 Å². The molecule has 2 atom stereocenters. The minimum atomic E-state index is -0.0131. The first-order valence-electron chi connectivity index (χ1n) is 7.41. The molecule has 1 saturated carbocycles. The molecule has 1 aromatic carbocycles. The predicted octanol–water partition coefficient (Wildman–Crippen LogP) is 2.55. The average Bonchev–Trinajstić information content (AvgIpc) is 2.50. The second kappa shape index (κ2) is 7.31. The number of hydrogen-bond acceptors (Lipinski definition) is 4. The van der Waals surface area contributed by atoms with Gasteiger partial charge in [0.15, 0.2) is 0 Å². The van der Waals surface area contributed by atoms with E-state index in [9.17, 15) is 4.79 Å². The minimum Gasteiger partial charge on any atom is -0.497 e. The van der Waals surface area contributed by atoms with Crippen molar-refractivity contribution in [2.75, 3.05) is 19.5 Å². The zero-order valence-corrected chi connectivity index (χ0v) is 12.7. The Morgan fingerprint density at radius 2 is 2.05 bits per heavy atom. The van der Waals surface area contributed by atoms with Gasteiger partial charge in [-0.15, -0.1) is 0 Å². The molecule has 5 heteroatoms. The van der Waals surface area contributed by atoms with Gasteiger partial charge in [-0.1, -0.05) is 12.8 Å². The summed E-state index contributed by atoms with van der Waals surface area (Å²) >= 11 is 0.